The number of carbonyl (C=O) groups is 3. The summed E-state index contributed by atoms with van der Waals surface area (Å²) in [6.45, 7) is 0. The standard InChI is InChI=1S/C6H10O8.C5H4O3/c7-1(3(9)5(11)12)2(8)4(10)6(13)14;6-5(7)4-2-1-3-8-4/h1-4,7-10H,(H,11,12)(H,13,14);1-3H,(H,6,7)/t1-,2+,3+,4-;. The lowest BCUT2D eigenvalue weighted by atomic mass is 10.0. The van der Waals surface area contributed by atoms with Gasteiger partial charge in [0.05, 0.1) is 6.26 Å². The Balaban J connectivity index is 0.000000461. The number of aliphatic hydroxyl groups is 4. The second kappa shape index (κ2) is 8.74. The molecule has 0 saturated carbocycles. The molecule has 1 aromatic rings. The van der Waals surface area contributed by atoms with Gasteiger partial charge in [0.15, 0.2) is 12.2 Å². The first-order chi connectivity index (χ1) is 10.1. The van der Waals surface area contributed by atoms with Crippen LogP contribution in [0, 0.1) is 0 Å². The summed E-state index contributed by atoms with van der Waals surface area (Å²) < 4.78 is 4.50. The van der Waals surface area contributed by atoms with E-state index in [0.717, 1.165) is 0 Å². The van der Waals surface area contributed by atoms with Crippen LogP contribution in [0.5, 0.6) is 0 Å². The van der Waals surface area contributed by atoms with Crippen LogP contribution in [0.1, 0.15) is 10.6 Å². The first kappa shape index (κ1) is 19.5. The van der Waals surface area contributed by atoms with Crippen LogP contribution in [0.4, 0.5) is 0 Å². The van der Waals surface area contributed by atoms with Crippen molar-refractivity contribution >= 4 is 17.9 Å². The molecule has 0 saturated heterocycles. The SMILES string of the molecule is O=C(O)[C@@H](O)[C@H](O)[C@H](O)[C@@H](O)C(=O)O.O=C(O)c1ccco1. The van der Waals surface area contributed by atoms with Gasteiger partial charge in [-0.25, -0.2) is 14.4 Å². The summed E-state index contributed by atoms with van der Waals surface area (Å²) in [4.78, 5) is 30.1. The second-order valence-electron chi connectivity index (χ2n) is 3.83. The third kappa shape index (κ3) is 5.88. The van der Waals surface area contributed by atoms with Gasteiger partial charge in [-0.1, -0.05) is 0 Å². The van der Waals surface area contributed by atoms with Gasteiger partial charge >= 0.3 is 17.9 Å². The van der Waals surface area contributed by atoms with E-state index >= 15 is 0 Å². The van der Waals surface area contributed by atoms with E-state index in [2.05, 4.69) is 4.42 Å². The van der Waals surface area contributed by atoms with Crippen molar-refractivity contribution < 1.29 is 54.5 Å². The molecule has 0 bridgehead atoms. The maximum absolute atomic E-state index is 10.1. The van der Waals surface area contributed by atoms with Gasteiger partial charge in [0.25, 0.3) is 0 Å². The Hall–Kier alpha value is -2.47. The van der Waals surface area contributed by atoms with E-state index in [0.29, 0.717) is 0 Å². The van der Waals surface area contributed by atoms with Gasteiger partial charge in [0.2, 0.25) is 5.76 Å². The number of furan rings is 1. The molecule has 1 heterocycles. The summed E-state index contributed by atoms with van der Waals surface area (Å²) in [7, 11) is 0. The molecule has 0 aliphatic carbocycles. The highest BCUT2D eigenvalue weighted by atomic mass is 16.4. The summed E-state index contributed by atoms with van der Waals surface area (Å²) in [5.41, 5.74) is 0. The van der Waals surface area contributed by atoms with Crippen LogP contribution in [-0.2, 0) is 9.59 Å². The predicted octanol–water partition coefficient (Wildman–Crippen LogP) is -2.42. The monoisotopic (exact) mass is 322 g/mol. The number of aromatic carboxylic acids is 1. The molecule has 11 nitrogen and oxygen atoms in total. The van der Waals surface area contributed by atoms with Gasteiger partial charge in [0.1, 0.15) is 12.2 Å². The number of carboxylic acids is 3. The minimum Gasteiger partial charge on any atom is -0.479 e. The van der Waals surface area contributed by atoms with Gasteiger partial charge in [-0.2, -0.15) is 0 Å². The molecule has 1 rings (SSSR count). The fraction of sp³-hybridized carbons (Fsp3) is 0.364. The molecule has 11 heteroatoms. The number of carboxylic acid groups (broad SMARTS) is 3. The van der Waals surface area contributed by atoms with Crippen molar-refractivity contribution in [2.75, 3.05) is 0 Å². The topological polar surface area (TPSA) is 206 Å². The highest BCUT2D eigenvalue weighted by molar-refractivity contribution is 5.84. The van der Waals surface area contributed by atoms with E-state index < -0.39 is 42.3 Å². The van der Waals surface area contributed by atoms with Gasteiger partial charge in [-0.05, 0) is 12.1 Å². The van der Waals surface area contributed by atoms with E-state index in [-0.39, 0.29) is 5.76 Å². The Morgan fingerprint density at radius 3 is 1.45 bits per heavy atom. The van der Waals surface area contributed by atoms with Crippen molar-refractivity contribution in [3.63, 3.8) is 0 Å². The smallest absolute Gasteiger partial charge is 0.371 e. The summed E-state index contributed by atoms with van der Waals surface area (Å²) in [6, 6.07) is 2.92. The summed E-state index contributed by atoms with van der Waals surface area (Å²) in [5, 5.41) is 59.6. The average molecular weight is 322 g/mol. The van der Waals surface area contributed by atoms with Crippen molar-refractivity contribution in [1.82, 2.24) is 0 Å². The van der Waals surface area contributed by atoms with Crippen LogP contribution in [-0.4, -0.2) is 78.1 Å². The Labute approximate surface area is 122 Å². The maximum Gasteiger partial charge on any atom is 0.371 e. The summed E-state index contributed by atoms with van der Waals surface area (Å²) >= 11 is 0. The number of rotatable bonds is 6. The first-order valence-corrected chi connectivity index (χ1v) is 5.54. The van der Waals surface area contributed by atoms with Crippen LogP contribution in [0.25, 0.3) is 0 Å². The van der Waals surface area contributed by atoms with Crippen LogP contribution < -0.4 is 0 Å². The number of aliphatic carboxylic acids is 2. The van der Waals surface area contributed by atoms with Crippen molar-refractivity contribution in [2.45, 2.75) is 24.4 Å². The van der Waals surface area contributed by atoms with Gasteiger partial charge < -0.3 is 40.2 Å². The molecule has 0 aliphatic rings. The molecule has 7 N–H and O–H groups in total. The zero-order chi connectivity index (χ0) is 17.4. The molecule has 124 valence electrons. The van der Waals surface area contributed by atoms with Crippen LogP contribution in [0.3, 0.4) is 0 Å². The summed E-state index contributed by atoms with van der Waals surface area (Å²) in [6.07, 6.45) is -7.96. The number of aliphatic hydroxyl groups excluding tert-OH is 4. The van der Waals surface area contributed by atoms with E-state index in [1.54, 1.807) is 0 Å². The molecule has 0 amide bonds. The van der Waals surface area contributed by atoms with E-state index in [4.69, 9.17) is 35.7 Å². The Kier molecular flexibility index (Phi) is 7.76. The zero-order valence-corrected chi connectivity index (χ0v) is 10.8. The molecular formula is C11H14O11. The molecule has 0 aromatic carbocycles. The Morgan fingerprint density at radius 2 is 1.27 bits per heavy atom. The molecule has 0 aliphatic heterocycles. The number of hydrogen-bond acceptors (Lipinski definition) is 8. The third-order valence-corrected chi connectivity index (χ3v) is 2.23. The lowest BCUT2D eigenvalue weighted by molar-refractivity contribution is -0.172. The normalized spacial score (nSPS) is 15.6. The number of hydrogen-bond donors (Lipinski definition) is 7. The minimum atomic E-state index is -2.36. The molecule has 0 unspecified atom stereocenters. The average Bonchev–Trinajstić information content (AvgIpc) is 2.98. The van der Waals surface area contributed by atoms with Gasteiger partial charge in [-0.3, -0.25) is 0 Å². The predicted molar refractivity (Wildman–Crippen MR) is 65.0 cm³/mol. The molecule has 22 heavy (non-hydrogen) atoms. The molecule has 4 atom stereocenters. The second-order valence-corrected chi connectivity index (χ2v) is 3.83. The first-order valence-electron chi connectivity index (χ1n) is 5.54. The molecule has 0 spiro atoms. The highest BCUT2D eigenvalue weighted by Crippen LogP contribution is 2.05. The van der Waals surface area contributed by atoms with Crippen LogP contribution >= 0.6 is 0 Å². The zero-order valence-electron chi connectivity index (χ0n) is 10.8. The van der Waals surface area contributed by atoms with Gasteiger partial charge in [-0.15, -0.1) is 0 Å². The van der Waals surface area contributed by atoms with Crippen molar-refractivity contribution in [3.8, 4) is 0 Å². The minimum absolute atomic E-state index is 0.0231. The third-order valence-electron chi connectivity index (χ3n) is 2.23. The quantitative estimate of drug-likeness (QED) is 0.293. The van der Waals surface area contributed by atoms with Crippen molar-refractivity contribution in [3.05, 3.63) is 24.2 Å². The van der Waals surface area contributed by atoms with Crippen molar-refractivity contribution in [2.24, 2.45) is 0 Å². The molecular weight excluding hydrogens is 308 g/mol. The van der Waals surface area contributed by atoms with E-state index in [1.807, 2.05) is 0 Å². The van der Waals surface area contributed by atoms with Crippen molar-refractivity contribution in [1.29, 1.82) is 0 Å². The van der Waals surface area contributed by atoms with Crippen LogP contribution in [0.15, 0.2) is 22.8 Å². The Bertz CT molecular complexity index is 470. The maximum atomic E-state index is 10.1. The molecule has 1 aromatic heterocycles. The lowest BCUT2D eigenvalue weighted by Gasteiger charge is -2.21. The van der Waals surface area contributed by atoms with Gasteiger partial charge in [0, 0.05) is 0 Å². The fourth-order valence-electron chi connectivity index (χ4n) is 1.07. The lowest BCUT2D eigenvalue weighted by Crippen LogP contribution is -2.49. The van der Waals surface area contributed by atoms with E-state index in [9.17, 15) is 14.4 Å². The molecule has 0 fully saturated rings. The van der Waals surface area contributed by atoms with Crippen LogP contribution in [0.2, 0.25) is 0 Å². The largest absolute Gasteiger partial charge is 0.479 e. The molecule has 0 radical (unpaired) electrons. The highest BCUT2D eigenvalue weighted by Gasteiger charge is 2.37. The summed E-state index contributed by atoms with van der Waals surface area (Å²) in [5.74, 6) is -4.73. The van der Waals surface area contributed by atoms with E-state index in [1.165, 1.54) is 18.4 Å². The fourth-order valence-corrected chi connectivity index (χ4v) is 1.07. The Morgan fingerprint density at radius 1 is 0.864 bits per heavy atom.